The highest BCUT2D eigenvalue weighted by molar-refractivity contribution is 6.00. The zero-order valence-corrected chi connectivity index (χ0v) is 11.0. The molecule has 0 spiro atoms. The van der Waals surface area contributed by atoms with Crippen molar-refractivity contribution in [2.45, 2.75) is 38.8 Å². The number of amides is 1. The van der Waals surface area contributed by atoms with Crippen LogP contribution in [0.3, 0.4) is 0 Å². The van der Waals surface area contributed by atoms with Crippen molar-refractivity contribution in [3.8, 4) is 0 Å². The Morgan fingerprint density at radius 2 is 2.17 bits per heavy atom. The molecular weight excluding hydrogens is 231 g/mol. The van der Waals surface area contributed by atoms with Gasteiger partial charge in [-0.2, -0.15) is 0 Å². The number of halogens is 1. The maximum absolute atomic E-state index is 13.3. The van der Waals surface area contributed by atoms with Gasteiger partial charge in [-0.25, -0.2) is 4.39 Å². The fourth-order valence-electron chi connectivity index (χ4n) is 2.40. The number of benzene rings is 1. The molecule has 0 aliphatic carbocycles. The van der Waals surface area contributed by atoms with Gasteiger partial charge in [0.2, 0.25) is 5.91 Å². The molecule has 1 aliphatic rings. The summed E-state index contributed by atoms with van der Waals surface area (Å²) in [6.07, 6.45) is 0.853. The Bertz CT molecular complexity index is 459. The minimum absolute atomic E-state index is 0.0162. The van der Waals surface area contributed by atoms with Crippen LogP contribution in [0.15, 0.2) is 24.3 Å². The van der Waals surface area contributed by atoms with Gasteiger partial charge in [0, 0.05) is 18.3 Å². The zero-order chi connectivity index (χ0) is 13.3. The number of nitrogens with one attached hydrogen (secondary N) is 1. The van der Waals surface area contributed by atoms with E-state index in [2.05, 4.69) is 12.2 Å². The van der Waals surface area contributed by atoms with Crippen LogP contribution in [0.4, 0.5) is 10.1 Å². The average Bonchev–Trinajstić information content (AvgIpc) is 2.37. The molecule has 0 radical (unpaired) electrons. The molecule has 1 atom stereocenters. The van der Waals surface area contributed by atoms with Gasteiger partial charge in [0.15, 0.2) is 0 Å². The predicted octanol–water partition coefficient (Wildman–Crippen LogP) is 2.32. The van der Waals surface area contributed by atoms with Crippen molar-refractivity contribution >= 4 is 11.6 Å². The Morgan fingerprint density at radius 3 is 2.83 bits per heavy atom. The van der Waals surface area contributed by atoms with Crippen LogP contribution < -0.4 is 10.2 Å². The molecule has 98 valence electrons. The van der Waals surface area contributed by atoms with Crippen LogP contribution in [0.2, 0.25) is 0 Å². The number of nitrogens with zero attached hydrogens (tertiary/aromatic N) is 1. The largest absolute Gasteiger partial charge is 0.311 e. The van der Waals surface area contributed by atoms with Crippen molar-refractivity contribution in [1.82, 2.24) is 5.32 Å². The Labute approximate surface area is 107 Å². The molecular formula is C14H19FN2O. The maximum Gasteiger partial charge on any atom is 0.246 e. The topological polar surface area (TPSA) is 32.3 Å². The third kappa shape index (κ3) is 2.53. The highest BCUT2D eigenvalue weighted by Crippen LogP contribution is 2.23. The summed E-state index contributed by atoms with van der Waals surface area (Å²) in [4.78, 5) is 14.1. The minimum atomic E-state index is -0.623. The van der Waals surface area contributed by atoms with E-state index in [0.717, 1.165) is 6.42 Å². The molecule has 1 saturated heterocycles. The van der Waals surface area contributed by atoms with Crippen LogP contribution in [0, 0.1) is 5.82 Å². The molecule has 1 amide bonds. The minimum Gasteiger partial charge on any atom is -0.311 e. The van der Waals surface area contributed by atoms with E-state index in [0.29, 0.717) is 12.2 Å². The lowest BCUT2D eigenvalue weighted by atomic mass is 10.0. The van der Waals surface area contributed by atoms with Crippen LogP contribution in [-0.2, 0) is 4.79 Å². The predicted molar refractivity (Wildman–Crippen MR) is 70.0 cm³/mol. The SMILES string of the molecule is CC1CCN(c2cccc(F)c2)C(=O)C(C)(C)N1. The fourth-order valence-corrected chi connectivity index (χ4v) is 2.40. The van der Waals surface area contributed by atoms with Gasteiger partial charge in [0.1, 0.15) is 5.82 Å². The number of hydrogen-bond donors (Lipinski definition) is 1. The molecule has 1 aliphatic heterocycles. The molecule has 1 aromatic carbocycles. The van der Waals surface area contributed by atoms with Crippen LogP contribution >= 0.6 is 0 Å². The third-order valence-corrected chi connectivity index (χ3v) is 3.29. The Balaban J connectivity index is 2.34. The van der Waals surface area contributed by atoms with Gasteiger partial charge in [-0.05, 0) is 45.4 Å². The molecule has 1 heterocycles. The first kappa shape index (κ1) is 13.0. The third-order valence-electron chi connectivity index (χ3n) is 3.29. The molecule has 2 rings (SSSR count). The second-order valence-electron chi connectivity index (χ2n) is 5.40. The number of carbonyl (C=O) groups is 1. The van der Waals surface area contributed by atoms with Crippen molar-refractivity contribution < 1.29 is 9.18 Å². The van der Waals surface area contributed by atoms with Gasteiger partial charge in [-0.1, -0.05) is 6.07 Å². The molecule has 4 heteroatoms. The summed E-state index contributed by atoms with van der Waals surface area (Å²) in [5.74, 6) is -0.333. The smallest absolute Gasteiger partial charge is 0.246 e. The Kier molecular flexibility index (Phi) is 3.39. The summed E-state index contributed by atoms with van der Waals surface area (Å²) in [7, 11) is 0. The number of hydrogen-bond acceptors (Lipinski definition) is 2. The summed E-state index contributed by atoms with van der Waals surface area (Å²) in [5.41, 5.74) is 0.00590. The lowest BCUT2D eigenvalue weighted by Crippen LogP contribution is -2.53. The van der Waals surface area contributed by atoms with E-state index in [1.165, 1.54) is 12.1 Å². The average molecular weight is 250 g/mol. The lowest BCUT2D eigenvalue weighted by Gasteiger charge is -2.29. The zero-order valence-electron chi connectivity index (χ0n) is 11.0. The van der Waals surface area contributed by atoms with E-state index in [1.807, 2.05) is 13.8 Å². The molecule has 18 heavy (non-hydrogen) atoms. The molecule has 0 aromatic heterocycles. The molecule has 1 fully saturated rings. The molecule has 3 nitrogen and oxygen atoms in total. The van der Waals surface area contributed by atoms with Gasteiger partial charge >= 0.3 is 0 Å². The van der Waals surface area contributed by atoms with Gasteiger partial charge < -0.3 is 10.2 Å². The molecule has 1 N–H and O–H groups in total. The van der Waals surface area contributed by atoms with Crippen molar-refractivity contribution in [3.05, 3.63) is 30.1 Å². The van der Waals surface area contributed by atoms with Crippen molar-refractivity contribution in [2.24, 2.45) is 0 Å². The van der Waals surface area contributed by atoms with E-state index >= 15 is 0 Å². The Hall–Kier alpha value is -1.42. The molecule has 0 saturated carbocycles. The molecule has 1 unspecified atom stereocenters. The molecule has 0 bridgehead atoms. The number of rotatable bonds is 1. The van der Waals surface area contributed by atoms with Crippen LogP contribution in [0.5, 0.6) is 0 Å². The summed E-state index contributed by atoms with van der Waals surface area (Å²) in [5, 5.41) is 3.30. The Morgan fingerprint density at radius 1 is 1.44 bits per heavy atom. The van der Waals surface area contributed by atoms with Crippen LogP contribution in [0.1, 0.15) is 27.2 Å². The van der Waals surface area contributed by atoms with Gasteiger partial charge in [0.25, 0.3) is 0 Å². The summed E-state index contributed by atoms with van der Waals surface area (Å²) in [6.45, 7) is 6.40. The van der Waals surface area contributed by atoms with Crippen LogP contribution in [-0.4, -0.2) is 24.0 Å². The molecule has 1 aromatic rings. The standard InChI is InChI=1S/C14H19FN2O/c1-10-7-8-17(13(18)14(2,3)16-10)12-6-4-5-11(15)9-12/h4-6,9-10,16H,7-8H2,1-3H3. The monoisotopic (exact) mass is 250 g/mol. The van der Waals surface area contributed by atoms with Crippen molar-refractivity contribution in [1.29, 1.82) is 0 Å². The second kappa shape index (κ2) is 4.69. The first-order valence-electron chi connectivity index (χ1n) is 6.25. The van der Waals surface area contributed by atoms with Crippen molar-refractivity contribution in [2.75, 3.05) is 11.4 Å². The fraction of sp³-hybridized carbons (Fsp3) is 0.500. The summed E-state index contributed by atoms with van der Waals surface area (Å²) >= 11 is 0. The van der Waals surface area contributed by atoms with Gasteiger partial charge in [-0.3, -0.25) is 4.79 Å². The number of carbonyl (C=O) groups excluding carboxylic acids is 1. The number of anilines is 1. The maximum atomic E-state index is 13.3. The van der Waals surface area contributed by atoms with Crippen molar-refractivity contribution in [3.63, 3.8) is 0 Å². The van der Waals surface area contributed by atoms with E-state index in [1.54, 1.807) is 17.0 Å². The summed E-state index contributed by atoms with van der Waals surface area (Å²) in [6, 6.07) is 6.46. The van der Waals surface area contributed by atoms with Crippen LogP contribution in [0.25, 0.3) is 0 Å². The first-order valence-corrected chi connectivity index (χ1v) is 6.25. The summed E-state index contributed by atoms with van der Waals surface area (Å²) < 4.78 is 13.3. The van der Waals surface area contributed by atoms with E-state index in [-0.39, 0.29) is 17.8 Å². The second-order valence-corrected chi connectivity index (χ2v) is 5.40. The van der Waals surface area contributed by atoms with E-state index < -0.39 is 5.54 Å². The quantitative estimate of drug-likeness (QED) is 0.829. The highest BCUT2D eigenvalue weighted by Gasteiger charge is 2.36. The van der Waals surface area contributed by atoms with E-state index in [9.17, 15) is 9.18 Å². The highest BCUT2D eigenvalue weighted by atomic mass is 19.1. The van der Waals surface area contributed by atoms with Gasteiger partial charge in [-0.15, -0.1) is 0 Å². The van der Waals surface area contributed by atoms with Gasteiger partial charge in [0.05, 0.1) is 5.54 Å². The van der Waals surface area contributed by atoms with E-state index in [4.69, 9.17) is 0 Å². The first-order chi connectivity index (χ1) is 8.40. The lowest BCUT2D eigenvalue weighted by molar-refractivity contribution is -0.123. The normalized spacial score (nSPS) is 23.9.